The van der Waals surface area contributed by atoms with Crippen molar-refractivity contribution >= 4 is 15.9 Å². The van der Waals surface area contributed by atoms with Crippen molar-refractivity contribution in [3.63, 3.8) is 0 Å². The fourth-order valence-electron chi connectivity index (χ4n) is 1.42. The number of benzene rings is 1. The van der Waals surface area contributed by atoms with Crippen LogP contribution in [0.15, 0.2) is 21.1 Å². The Morgan fingerprint density at radius 3 is 2.56 bits per heavy atom. The van der Waals surface area contributed by atoms with Crippen molar-refractivity contribution in [3.05, 3.63) is 34.1 Å². The Kier molecular flexibility index (Phi) is 3.72. The maximum absolute atomic E-state index is 13.7. The van der Waals surface area contributed by atoms with Crippen LogP contribution in [-0.2, 0) is 0 Å². The van der Waals surface area contributed by atoms with Crippen LogP contribution in [0.4, 0.5) is 8.78 Å². The molecular weight excluding hydrogens is 308 g/mol. The van der Waals surface area contributed by atoms with Crippen LogP contribution < -0.4 is 5.73 Å². The van der Waals surface area contributed by atoms with E-state index in [4.69, 9.17) is 10.3 Å². The van der Waals surface area contributed by atoms with Crippen molar-refractivity contribution < 1.29 is 13.3 Å². The molecule has 0 spiro atoms. The molecule has 18 heavy (non-hydrogen) atoms. The quantitative estimate of drug-likeness (QED) is 0.944. The summed E-state index contributed by atoms with van der Waals surface area (Å²) < 4.78 is 32.5. The van der Waals surface area contributed by atoms with Crippen LogP contribution in [0.25, 0.3) is 11.5 Å². The van der Waals surface area contributed by atoms with Crippen molar-refractivity contribution in [1.29, 1.82) is 0 Å². The van der Waals surface area contributed by atoms with Gasteiger partial charge < -0.3 is 10.3 Å². The minimum absolute atomic E-state index is 0.212. The summed E-state index contributed by atoms with van der Waals surface area (Å²) in [5.74, 6) is -1.53. The minimum Gasteiger partial charge on any atom is -0.334 e. The van der Waals surface area contributed by atoms with Crippen LogP contribution in [0.2, 0.25) is 0 Å². The minimum atomic E-state index is -0.776. The van der Waals surface area contributed by atoms with E-state index in [2.05, 4.69) is 26.1 Å². The first-order valence-electron chi connectivity index (χ1n) is 5.27. The van der Waals surface area contributed by atoms with E-state index in [0.717, 1.165) is 12.1 Å². The van der Waals surface area contributed by atoms with E-state index < -0.39 is 17.7 Å². The van der Waals surface area contributed by atoms with E-state index >= 15 is 0 Å². The van der Waals surface area contributed by atoms with Gasteiger partial charge in [-0.3, -0.25) is 0 Å². The summed E-state index contributed by atoms with van der Waals surface area (Å²) in [6.45, 7) is 1.85. The summed E-state index contributed by atoms with van der Waals surface area (Å²) in [4.78, 5) is 3.90. The lowest BCUT2D eigenvalue weighted by Crippen LogP contribution is -2.10. The van der Waals surface area contributed by atoms with E-state index in [9.17, 15) is 8.78 Å². The fourth-order valence-corrected chi connectivity index (χ4v) is 1.82. The molecule has 7 heteroatoms. The van der Waals surface area contributed by atoms with Crippen LogP contribution in [0.5, 0.6) is 0 Å². The maximum Gasteiger partial charge on any atom is 0.263 e. The molecule has 2 aromatic rings. The predicted molar refractivity (Wildman–Crippen MR) is 64.6 cm³/mol. The van der Waals surface area contributed by atoms with E-state index in [0.29, 0.717) is 10.9 Å². The Morgan fingerprint density at radius 2 is 2.00 bits per heavy atom. The van der Waals surface area contributed by atoms with Gasteiger partial charge in [0, 0.05) is 4.47 Å². The Labute approximate surface area is 110 Å². The number of nitrogens with two attached hydrogens (primary N) is 1. The normalized spacial score (nSPS) is 12.7. The summed E-state index contributed by atoms with van der Waals surface area (Å²) in [6.07, 6.45) is 0.601. The molecule has 1 unspecified atom stereocenters. The topological polar surface area (TPSA) is 64.9 Å². The third-order valence-electron chi connectivity index (χ3n) is 2.43. The van der Waals surface area contributed by atoms with E-state index in [1.54, 1.807) is 0 Å². The summed E-state index contributed by atoms with van der Waals surface area (Å²) in [6, 6.07) is 1.84. The zero-order valence-electron chi connectivity index (χ0n) is 9.45. The molecule has 0 aliphatic carbocycles. The van der Waals surface area contributed by atoms with Gasteiger partial charge in [-0.2, -0.15) is 4.98 Å². The molecule has 0 bridgehead atoms. The highest BCUT2D eigenvalue weighted by atomic mass is 79.9. The van der Waals surface area contributed by atoms with Crippen LogP contribution in [0.1, 0.15) is 25.2 Å². The highest BCUT2D eigenvalue weighted by molar-refractivity contribution is 9.10. The molecule has 1 heterocycles. The standard InChI is InChI=1S/C11H10BrF2N3O/c1-2-8(15)10-16-11(18-17-10)9-6(13)3-5(12)4-7(9)14/h3-4,8H,2,15H2,1H3. The molecular formula is C11H10BrF2N3O. The third kappa shape index (κ3) is 2.41. The monoisotopic (exact) mass is 317 g/mol. The summed E-state index contributed by atoms with van der Waals surface area (Å²) >= 11 is 2.99. The van der Waals surface area contributed by atoms with Gasteiger partial charge in [0.05, 0.1) is 6.04 Å². The van der Waals surface area contributed by atoms with E-state index in [1.165, 1.54) is 0 Å². The molecule has 0 aliphatic heterocycles. The average molecular weight is 318 g/mol. The Morgan fingerprint density at radius 1 is 1.39 bits per heavy atom. The maximum atomic E-state index is 13.7. The molecule has 1 atom stereocenters. The van der Waals surface area contributed by atoms with Gasteiger partial charge in [0.1, 0.15) is 17.2 Å². The molecule has 0 saturated carbocycles. The molecule has 0 saturated heterocycles. The zero-order valence-corrected chi connectivity index (χ0v) is 11.0. The molecule has 0 amide bonds. The van der Waals surface area contributed by atoms with E-state index in [-0.39, 0.29) is 17.3 Å². The van der Waals surface area contributed by atoms with Crippen molar-refractivity contribution in [2.45, 2.75) is 19.4 Å². The zero-order chi connectivity index (χ0) is 13.3. The second kappa shape index (κ2) is 5.11. The van der Waals surface area contributed by atoms with Crippen LogP contribution in [-0.4, -0.2) is 10.1 Å². The van der Waals surface area contributed by atoms with Gasteiger partial charge in [0.15, 0.2) is 5.82 Å². The van der Waals surface area contributed by atoms with Crippen LogP contribution in [0.3, 0.4) is 0 Å². The average Bonchev–Trinajstić information content (AvgIpc) is 2.76. The largest absolute Gasteiger partial charge is 0.334 e. The first-order valence-corrected chi connectivity index (χ1v) is 6.06. The predicted octanol–water partition coefficient (Wildman–Crippen LogP) is 3.19. The molecule has 0 fully saturated rings. The summed E-state index contributed by atoms with van der Waals surface area (Å²) in [5, 5.41) is 3.61. The molecule has 1 aromatic heterocycles. The fraction of sp³-hybridized carbons (Fsp3) is 0.273. The number of halogens is 3. The molecule has 0 aliphatic rings. The number of aromatic nitrogens is 2. The second-order valence-electron chi connectivity index (χ2n) is 3.72. The number of nitrogens with zero attached hydrogens (tertiary/aromatic N) is 2. The summed E-state index contributed by atoms with van der Waals surface area (Å²) in [5.41, 5.74) is 5.36. The first-order chi connectivity index (χ1) is 8.52. The van der Waals surface area contributed by atoms with Crippen molar-refractivity contribution in [1.82, 2.24) is 10.1 Å². The molecule has 2 N–H and O–H groups in total. The Bertz CT molecular complexity index is 550. The second-order valence-corrected chi connectivity index (χ2v) is 4.63. The van der Waals surface area contributed by atoms with Crippen LogP contribution >= 0.6 is 15.9 Å². The lowest BCUT2D eigenvalue weighted by molar-refractivity contribution is 0.410. The molecule has 4 nitrogen and oxygen atoms in total. The molecule has 1 aromatic carbocycles. The lowest BCUT2D eigenvalue weighted by atomic mass is 10.2. The third-order valence-corrected chi connectivity index (χ3v) is 2.89. The van der Waals surface area contributed by atoms with Gasteiger partial charge >= 0.3 is 0 Å². The van der Waals surface area contributed by atoms with Gasteiger partial charge in [-0.1, -0.05) is 28.0 Å². The van der Waals surface area contributed by atoms with Gasteiger partial charge in [-0.05, 0) is 18.6 Å². The highest BCUT2D eigenvalue weighted by Crippen LogP contribution is 2.28. The highest BCUT2D eigenvalue weighted by Gasteiger charge is 2.20. The van der Waals surface area contributed by atoms with Crippen molar-refractivity contribution in [3.8, 4) is 11.5 Å². The summed E-state index contributed by atoms with van der Waals surface area (Å²) in [7, 11) is 0. The molecule has 0 radical (unpaired) electrons. The first kappa shape index (κ1) is 13.1. The van der Waals surface area contributed by atoms with Crippen LogP contribution in [0, 0.1) is 11.6 Å². The van der Waals surface area contributed by atoms with Gasteiger partial charge in [-0.25, -0.2) is 8.78 Å². The number of hydrogen-bond donors (Lipinski definition) is 1. The van der Waals surface area contributed by atoms with E-state index in [1.807, 2.05) is 6.92 Å². The van der Waals surface area contributed by atoms with Gasteiger partial charge in [0.25, 0.3) is 5.89 Å². The SMILES string of the molecule is CCC(N)c1noc(-c2c(F)cc(Br)cc2F)n1. The Hall–Kier alpha value is -1.34. The number of hydrogen-bond acceptors (Lipinski definition) is 4. The number of rotatable bonds is 3. The molecule has 2 rings (SSSR count). The lowest BCUT2D eigenvalue weighted by Gasteiger charge is -2.01. The smallest absolute Gasteiger partial charge is 0.263 e. The Balaban J connectivity index is 2.46. The van der Waals surface area contributed by atoms with Gasteiger partial charge in [0.2, 0.25) is 0 Å². The van der Waals surface area contributed by atoms with Crippen molar-refractivity contribution in [2.75, 3.05) is 0 Å². The van der Waals surface area contributed by atoms with Crippen molar-refractivity contribution in [2.24, 2.45) is 5.73 Å². The molecule has 96 valence electrons. The van der Waals surface area contributed by atoms with Gasteiger partial charge in [-0.15, -0.1) is 0 Å².